The number of aromatic nitrogens is 3. The van der Waals surface area contributed by atoms with Gasteiger partial charge in [0.15, 0.2) is 5.82 Å². The van der Waals surface area contributed by atoms with Crippen molar-refractivity contribution in [1.29, 1.82) is 0 Å². The average Bonchev–Trinajstić information content (AvgIpc) is 2.28. The van der Waals surface area contributed by atoms with Crippen LogP contribution in [-0.2, 0) is 6.61 Å². The van der Waals surface area contributed by atoms with E-state index in [0.717, 1.165) is 4.47 Å². The summed E-state index contributed by atoms with van der Waals surface area (Å²) in [5.41, 5.74) is 0. The fourth-order valence-electron chi connectivity index (χ4n) is 1.02. The summed E-state index contributed by atoms with van der Waals surface area (Å²) in [6, 6.07) is 3.61. The Morgan fingerprint density at radius 2 is 2.00 bits per heavy atom. The molecule has 2 heterocycles. The van der Waals surface area contributed by atoms with Gasteiger partial charge < -0.3 is 4.74 Å². The van der Waals surface area contributed by atoms with Crippen molar-refractivity contribution in [3.8, 4) is 5.75 Å². The summed E-state index contributed by atoms with van der Waals surface area (Å²) < 4.78 is 6.34. The molecule has 4 nitrogen and oxygen atoms in total. The number of pyridine rings is 1. The van der Waals surface area contributed by atoms with Crippen molar-refractivity contribution in [2.45, 2.75) is 6.61 Å². The van der Waals surface area contributed by atoms with Crippen molar-refractivity contribution >= 4 is 15.9 Å². The van der Waals surface area contributed by atoms with E-state index in [2.05, 4.69) is 30.9 Å². The van der Waals surface area contributed by atoms with E-state index in [4.69, 9.17) is 4.74 Å². The molecule has 76 valence electrons. The second kappa shape index (κ2) is 4.84. The second-order valence-electron chi connectivity index (χ2n) is 2.79. The molecule has 0 N–H and O–H groups in total. The van der Waals surface area contributed by atoms with Gasteiger partial charge in [-0.2, -0.15) is 0 Å². The van der Waals surface area contributed by atoms with Gasteiger partial charge in [0.05, 0.1) is 6.20 Å². The first-order chi connectivity index (χ1) is 7.34. The Labute approximate surface area is 95.5 Å². The molecular weight excluding hydrogens is 258 g/mol. The Kier molecular flexibility index (Phi) is 3.24. The predicted molar refractivity (Wildman–Crippen MR) is 58.3 cm³/mol. The number of ether oxygens (including phenoxy) is 1. The largest absolute Gasteiger partial charge is 0.484 e. The monoisotopic (exact) mass is 265 g/mol. The Balaban J connectivity index is 1.99. The summed E-state index contributed by atoms with van der Waals surface area (Å²) in [6.45, 7) is 0.346. The zero-order chi connectivity index (χ0) is 10.5. The van der Waals surface area contributed by atoms with Crippen molar-refractivity contribution in [3.63, 3.8) is 0 Å². The van der Waals surface area contributed by atoms with Crippen molar-refractivity contribution in [2.75, 3.05) is 0 Å². The van der Waals surface area contributed by atoms with E-state index in [1.54, 1.807) is 30.9 Å². The summed E-state index contributed by atoms with van der Waals surface area (Å²) >= 11 is 3.31. The molecule has 0 atom stereocenters. The molecule has 0 saturated carbocycles. The van der Waals surface area contributed by atoms with Crippen LogP contribution in [0.2, 0.25) is 0 Å². The molecule has 0 fully saturated rings. The fourth-order valence-corrected chi connectivity index (χ4v) is 1.37. The van der Waals surface area contributed by atoms with Gasteiger partial charge in [0, 0.05) is 23.1 Å². The lowest BCUT2D eigenvalue weighted by Gasteiger charge is -2.04. The van der Waals surface area contributed by atoms with E-state index >= 15 is 0 Å². The number of hydrogen-bond acceptors (Lipinski definition) is 4. The quantitative estimate of drug-likeness (QED) is 0.854. The first-order valence-electron chi connectivity index (χ1n) is 4.34. The lowest BCUT2D eigenvalue weighted by molar-refractivity contribution is 0.294. The van der Waals surface area contributed by atoms with Gasteiger partial charge in [-0.25, -0.2) is 9.97 Å². The maximum Gasteiger partial charge on any atom is 0.166 e. The summed E-state index contributed by atoms with van der Waals surface area (Å²) in [4.78, 5) is 12.1. The molecule has 0 aliphatic heterocycles. The maximum absolute atomic E-state index is 5.46. The van der Waals surface area contributed by atoms with E-state index < -0.39 is 0 Å². The molecule has 0 aliphatic carbocycles. The summed E-state index contributed by atoms with van der Waals surface area (Å²) in [7, 11) is 0. The Hall–Kier alpha value is -1.49. The van der Waals surface area contributed by atoms with Crippen LogP contribution in [0.4, 0.5) is 0 Å². The van der Waals surface area contributed by atoms with Gasteiger partial charge in [-0.15, -0.1) is 0 Å². The van der Waals surface area contributed by atoms with Crippen LogP contribution >= 0.6 is 15.9 Å². The van der Waals surface area contributed by atoms with E-state index in [1.165, 1.54) is 0 Å². The molecule has 0 bridgehead atoms. The third kappa shape index (κ3) is 2.99. The molecule has 2 aromatic heterocycles. The molecular formula is C10H8BrN3O. The summed E-state index contributed by atoms with van der Waals surface area (Å²) in [6.07, 6.45) is 6.72. The van der Waals surface area contributed by atoms with Crippen molar-refractivity contribution in [1.82, 2.24) is 15.0 Å². The number of hydrogen-bond donors (Lipinski definition) is 0. The highest BCUT2D eigenvalue weighted by molar-refractivity contribution is 9.10. The van der Waals surface area contributed by atoms with E-state index in [0.29, 0.717) is 18.2 Å². The Bertz CT molecular complexity index is 436. The van der Waals surface area contributed by atoms with Gasteiger partial charge in [-0.05, 0) is 28.1 Å². The van der Waals surface area contributed by atoms with Crippen LogP contribution < -0.4 is 4.74 Å². The van der Waals surface area contributed by atoms with Crippen LogP contribution in [0.1, 0.15) is 5.82 Å². The second-order valence-corrected chi connectivity index (χ2v) is 3.71. The van der Waals surface area contributed by atoms with Gasteiger partial charge in [0.1, 0.15) is 12.4 Å². The van der Waals surface area contributed by atoms with Crippen LogP contribution in [0.3, 0.4) is 0 Å². The fraction of sp³-hybridized carbons (Fsp3) is 0.100. The third-order valence-electron chi connectivity index (χ3n) is 1.67. The minimum atomic E-state index is 0.346. The van der Waals surface area contributed by atoms with Crippen molar-refractivity contribution < 1.29 is 4.74 Å². The molecule has 0 aliphatic rings. The molecule has 0 aromatic carbocycles. The molecule has 0 unspecified atom stereocenters. The Morgan fingerprint density at radius 3 is 2.73 bits per heavy atom. The van der Waals surface area contributed by atoms with E-state index in [1.807, 2.05) is 6.07 Å². The molecule has 0 radical (unpaired) electrons. The molecule has 0 spiro atoms. The van der Waals surface area contributed by atoms with Gasteiger partial charge >= 0.3 is 0 Å². The van der Waals surface area contributed by atoms with Crippen molar-refractivity contribution in [2.24, 2.45) is 0 Å². The topological polar surface area (TPSA) is 47.9 Å². The zero-order valence-corrected chi connectivity index (χ0v) is 9.39. The molecule has 5 heteroatoms. The van der Waals surface area contributed by atoms with Crippen LogP contribution in [-0.4, -0.2) is 15.0 Å². The number of halogens is 1. The van der Waals surface area contributed by atoms with Crippen LogP contribution in [0.25, 0.3) is 0 Å². The van der Waals surface area contributed by atoms with Gasteiger partial charge in [0.25, 0.3) is 0 Å². The third-order valence-corrected chi connectivity index (χ3v) is 2.10. The van der Waals surface area contributed by atoms with Gasteiger partial charge in [-0.1, -0.05) is 0 Å². The van der Waals surface area contributed by atoms with Gasteiger partial charge in [0.2, 0.25) is 0 Å². The molecule has 0 saturated heterocycles. The van der Waals surface area contributed by atoms with Gasteiger partial charge in [-0.3, -0.25) is 4.98 Å². The highest BCUT2D eigenvalue weighted by atomic mass is 79.9. The van der Waals surface area contributed by atoms with Crippen LogP contribution in [0.15, 0.2) is 41.4 Å². The van der Waals surface area contributed by atoms with E-state index in [9.17, 15) is 0 Å². The van der Waals surface area contributed by atoms with Crippen LogP contribution in [0, 0.1) is 0 Å². The zero-order valence-electron chi connectivity index (χ0n) is 7.80. The lowest BCUT2D eigenvalue weighted by Crippen LogP contribution is -2.00. The first kappa shape index (κ1) is 10.0. The minimum absolute atomic E-state index is 0.346. The molecule has 2 rings (SSSR count). The first-order valence-corrected chi connectivity index (χ1v) is 5.13. The molecule has 0 amide bonds. The Morgan fingerprint density at radius 1 is 1.20 bits per heavy atom. The minimum Gasteiger partial charge on any atom is -0.484 e. The predicted octanol–water partition coefficient (Wildman–Crippen LogP) is 2.21. The van der Waals surface area contributed by atoms with Crippen molar-refractivity contribution in [3.05, 3.63) is 47.2 Å². The van der Waals surface area contributed by atoms with E-state index in [-0.39, 0.29) is 0 Å². The lowest BCUT2D eigenvalue weighted by atomic mass is 10.4. The smallest absolute Gasteiger partial charge is 0.166 e. The number of rotatable bonds is 3. The summed E-state index contributed by atoms with van der Waals surface area (Å²) in [5.74, 6) is 1.34. The SMILES string of the molecule is Brc1cncc(OCc2ncccn2)c1. The maximum atomic E-state index is 5.46. The average molecular weight is 266 g/mol. The summed E-state index contributed by atoms with van der Waals surface area (Å²) in [5, 5.41) is 0. The van der Waals surface area contributed by atoms with Crippen LogP contribution in [0.5, 0.6) is 5.75 Å². The standard InChI is InChI=1S/C10H8BrN3O/c11-8-4-9(6-12-5-8)15-7-10-13-2-1-3-14-10/h1-6H,7H2. The number of nitrogens with zero attached hydrogens (tertiary/aromatic N) is 3. The normalized spacial score (nSPS) is 9.93. The molecule has 2 aromatic rings. The highest BCUT2D eigenvalue weighted by Gasteiger charge is 1.98. The molecule has 15 heavy (non-hydrogen) atoms. The highest BCUT2D eigenvalue weighted by Crippen LogP contribution is 2.16.